The summed E-state index contributed by atoms with van der Waals surface area (Å²) < 4.78 is 18.2. The Hall–Kier alpha value is -3.24. The molecule has 9 nitrogen and oxygen atoms in total. The maximum absolute atomic E-state index is 13.1. The highest BCUT2D eigenvalue weighted by Gasteiger charge is 2.26. The van der Waals surface area contributed by atoms with Crippen molar-refractivity contribution in [3.8, 4) is 17.2 Å². The van der Waals surface area contributed by atoms with Gasteiger partial charge in [0.1, 0.15) is 11.5 Å². The van der Waals surface area contributed by atoms with Crippen LogP contribution >= 0.6 is 11.8 Å². The molecule has 1 fully saturated rings. The van der Waals surface area contributed by atoms with Crippen molar-refractivity contribution in [2.45, 2.75) is 24.3 Å². The van der Waals surface area contributed by atoms with Crippen molar-refractivity contribution in [2.24, 2.45) is 0 Å². The summed E-state index contributed by atoms with van der Waals surface area (Å²) in [7, 11) is 3.14. The van der Waals surface area contributed by atoms with Gasteiger partial charge >= 0.3 is 0 Å². The molecule has 0 spiro atoms. The van der Waals surface area contributed by atoms with E-state index in [4.69, 9.17) is 14.2 Å². The Labute approximate surface area is 203 Å². The molecule has 1 amide bonds. The standard InChI is InChI=1S/C24H29N5O4S/c1-16-7-5-6-8-20(16)29-23(28-11-13-33-14-12-28)26-27-24(29)34-17(2)22(30)25-19-15-18(31-3)9-10-21(19)32-4/h5-10,15,17H,11-14H2,1-4H3,(H,25,30)/t17-/m0/s1. The second kappa shape index (κ2) is 10.8. The van der Waals surface area contributed by atoms with Gasteiger partial charge in [0.05, 0.1) is 44.1 Å². The smallest absolute Gasteiger partial charge is 0.237 e. The Morgan fingerprint density at radius 2 is 1.88 bits per heavy atom. The zero-order chi connectivity index (χ0) is 24.1. The van der Waals surface area contributed by atoms with E-state index in [-0.39, 0.29) is 5.91 Å². The molecule has 0 radical (unpaired) electrons. The summed E-state index contributed by atoms with van der Waals surface area (Å²) in [6.07, 6.45) is 0. The van der Waals surface area contributed by atoms with Crippen LogP contribution in [0.4, 0.5) is 11.6 Å². The van der Waals surface area contributed by atoms with Gasteiger partial charge in [-0.15, -0.1) is 10.2 Å². The van der Waals surface area contributed by atoms with Gasteiger partial charge in [-0.25, -0.2) is 0 Å². The number of thioether (sulfide) groups is 1. The van der Waals surface area contributed by atoms with E-state index in [1.807, 2.05) is 29.7 Å². The summed E-state index contributed by atoms with van der Waals surface area (Å²) >= 11 is 1.36. The third-order valence-electron chi connectivity index (χ3n) is 5.58. The molecule has 1 aromatic heterocycles. The first-order valence-corrected chi connectivity index (χ1v) is 11.9. The summed E-state index contributed by atoms with van der Waals surface area (Å²) in [6, 6.07) is 13.4. The van der Waals surface area contributed by atoms with E-state index < -0.39 is 5.25 Å². The second-order valence-corrected chi connectivity index (χ2v) is 9.13. The lowest BCUT2D eigenvalue weighted by Crippen LogP contribution is -2.38. The third-order valence-corrected chi connectivity index (χ3v) is 6.63. The number of para-hydroxylation sites is 1. The van der Waals surface area contributed by atoms with E-state index in [1.54, 1.807) is 32.4 Å². The average Bonchev–Trinajstić information content (AvgIpc) is 3.27. The van der Waals surface area contributed by atoms with Crippen LogP contribution in [0.5, 0.6) is 11.5 Å². The predicted molar refractivity (Wildman–Crippen MR) is 133 cm³/mol. The highest BCUT2D eigenvalue weighted by Crippen LogP contribution is 2.33. The van der Waals surface area contributed by atoms with Crippen LogP contribution in [0.2, 0.25) is 0 Å². The van der Waals surface area contributed by atoms with Gasteiger partial charge in [-0.05, 0) is 37.6 Å². The van der Waals surface area contributed by atoms with E-state index in [1.165, 1.54) is 11.8 Å². The highest BCUT2D eigenvalue weighted by atomic mass is 32.2. The van der Waals surface area contributed by atoms with Gasteiger partial charge in [0, 0.05) is 19.2 Å². The topological polar surface area (TPSA) is 90.7 Å². The SMILES string of the molecule is COc1ccc(OC)c(NC(=O)[C@H](C)Sc2nnc(N3CCOCC3)n2-c2ccccc2C)c1. The van der Waals surface area contributed by atoms with Crippen LogP contribution in [0.15, 0.2) is 47.6 Å². The normalized spacial score (nSPS) is 14.5. The minimum absolute atomic E-state index is 0.177. The van der Waals surface area contributed by atoms with Crippen LogP contribution in [0, 0.1) is 6.92 Å². The molecular formula is C24H29N5O4S. The van der Waals surface area contributed by atoms with Crippen molar-refractivity contribution in [3.63, 3.8) is 0 Å². The van der Waals surface area contributed by atoms with Crippen LogP contribution in [0.3, 0.4) is 0 Å². The number of morpholine rings is 1. The fraction of sp³-hybridized carbons (Fsp3) is 0.375. The molecule has 1 aliphatic heterocycles. The minimum Gasteiger partial charge on any atom is -0.497 e. The summed E-state index contributed by atoms with van der Waals surface area (Å²) in [5.74, 6) is 1.76. The number of carbonyl (C=O) groups excluding carboxylic acids is 1. The largest absolute Gasteiger partial charge is 0.497 e. The summed E-state index contributed by atoms with van der Waals surface area (Å²) in [4.78, 5) is 15.3. The first-order valence-electron chi connectivity index (χ1n) is 11.1. The van der Waals surface area contributed by atoms with Gasteiger partial charge in [0.2, 0.25) is 11.9 Å². The molecule has 0 aliphatic carbocycles. The first kappa shape index (κ1) is 23.9. The van der Waals surface area contributed by atoms with Crippen LogP contribution in [0.1, 0.15) is 12.5 Å². The molecule has 1 aliphatic rings. The lowest BCUT2D eigenvalue weighted by atomic mass is 10.2. The van der Waals surface area contributed by atoms with Gasteiger partial charge in [0.15, 0.2) is 5.16 Å². The molecule has 10 heteroatoms. The molecule has 0 unspecified atom stereocenters. The van der Waals surface area contributed by atoms with Crippen molar-refractivity contribution in [3.05, 3.63) is 48.0 Å². The highest BCUT2D eigenvalue weighted by molar-refractivity contribution is 8.00. The maximum Gasteiger partial charge on any atom is 0.237 e. The molecular weight excluding hydrogens is 454 g/mol. The third kappa shape index (κ3) is 5.13. The maximum atomic E-state index is 13.1. The Balaban J connectivity index is 1.60. The molecule has 1 N–H and O–H groups in total. The van der Waals surface area contributed by atoms with E-state index >= 15 is 0 Å². The Morgan fingerprint density at radius 1 is 1.12 bits per heavy atom. The number of carbonyl (C=O) groups is 1. The number of methoxy groups -OCH3 is 2. The van der Waals surface area contributed by atoms with Crippen LogP contribution in [-0.2, 0) is 9.53 Å². The van der Waals surface area contributed by atoms with E-state index in [9.17, 15) is 4.79 Å². The van der Waals surface area contributed by atoms with E-state index in [2.05, 4.69) is 33.4 Å². The number of amides is 1. The van der Waals surface area contributed by atoms with Gasteiger partial charge in [-0.3, -0.25) is 9.36 Å². The van der Waals surface area contributed by atoms with Gasteiger partial charge < -0.3 is 24.4 Å². The second-order valence-electron chi connectivity index (χ2n) is 7.82. The number of rotatable bonds is 8. The number of nitrogens with one attached hydrogen (secondary N) is 1. The van der Waals surface area contributed by atoms with Crippen LogP contribution in [0.25, 0.3) is 5.69 Å². The van der Waals surface area contributed by atoms with Crippen LogP contribution in [-0.4, -0.2) is 66.4 Å². The summed E-state index contributed by atoms with van der Waals surface area (Å²) in [5.41, 5.74) is 2.63. The lowest BCUT2D eigenvalue weighted by molar-refractivity contribution is -0.115. The average molecular weight is 484 g/mol. The fourth-order valence-electron chi connectivity index (χ4n) is 3.69. The van der Waals surface area contributed by atoms with Crippen molar-refractivity contribution in [2.75, 3.05) is 50.7 Å². The monoisotopic (exact) mass is 483 g/mol. The molecule has 3 aromatic rings. The van der Waals surface area contributed by atoms with E-state index in [0.717, 1.165) is 30.3 Å². The fourth-order valence-corrected chi connectivity index (χ4v) is 4.55. The van der Waals surface area contributed by atoms with Crippen molar-refractivity contribution >= 4 is 29.3 Å². The number of nitrogens with zero attached hydrogens (tertiary/aromatic N) is 4. The molecule has 180 valence electrons. The van der Waals surface area contributed by atoms with Crippen molar-refractivity contribution in [1.82, 2.24) is 14.8 Å². The van der Waals surface area contributed by atoms with Gasteiger partial charge in [-0.1, -0.05) is 30.0 Å². The molecule has 0 saturated carbocycles. The van der Waals surface area contributed by atoms with E-state index in [0.29, 0.717) is 35.6 Å². The number of benzene rings is 2. The zero-order valence-electron chi connectivity index (χ0n) is 19.8. The Morgan fingerprint density at radius 3 is 2.59 bits per heavy atom. The predicted octanol–water partition coefficient (Wildman–Crippen LogP) is 3.55. The lowest BCUT2D eigenvalue weighted by Gasteiger charge is -2.28. The Kier molecular flexibility index (Phi) is 7.59. The first-order chi connectivity index (χ1) is 16.5. The summed E-state index contributed by atoms with van der Waals surface area (Å²) in [5, 5.41) is 12.1. The zero-order valence-corrected chi connectivity index (χ0v) is 20.6. The quantitative estimate of drug-likeness (QED) is 0.487. The molecule has 1 saturated heterocycles. The van der Waals surface area contributed by atoms with Gasteiger partial charge in [0.25, 0.3) is 0 Å². The molecule has 2 heterocycles. The molecule has 0 bridgehead atoms. The van der Waals surface area contributed by atoms with Gasteiger partial charge in [-0.2, -0.15) is 0 Å². The number of hydrogen-bond acceptors (Lipinski definition) is 8. The number of anilines is 2. The number of aryl methyl sites for hydroxylation is 1. The minimum atomic E-state index is -0.444. The number of ether oxygens (including phenoxy) is 3. The molecule has 2 aromatic carbocycles. The molecule has 4 rings (SSSR count). The number of aromatic nitrogens is 3. The summed E-state index contributed by atoms with van der Waals surface area (Å²) in [6.45, 7) is 6.66. The van der Waals surface area contributed by atoms with Crippen molar-refractivity contribution in [1.29, 1.82) is 0 Å². The number of hydrogen-bond donors (Lipinski definition) is 1. The van der Waals surface area contributed by atoms with Crippen LogP contribution < -0.4 is 19.7 Å². The Bertz CT molecular complexity index is 1150. The van der Waals surface area contributed by atoms with Crippen molar-refractivity contribution < 1.29 is 19.0 Å². The molecule has 34 heavy (non-hydrogen) atoms. The molecule has 1 atom stereocenters.